The quantitative estimate of drug-likeness (QED) is 0.350. The number of benzene rings is 2. The molecule has 1 atom stereocenters. The van der Waals surface area contributed by atoms with Crippen LogP contribution in [-0.2, 0) is 23.9 Å². The van der Waals surface area contributed by atoms with Crippen molar-refractivity contribution in [2.24, 2.45) is 0 Å². The summed E-state index contributed by atoms with van der Waals surface area (Å²) in [6.07, 6.45) is 0. The molecule has 1 heterocycles. The Morgan fingerprint density at radius 2 is 1.74 bits per heavy atom. The zero-order valence-electron chi connectivity index (χ0n) is 17.0. The highest BCUT2D eigenvalue weighted by Gasteiger charge is 2.40. The van der Waals surface area contributed by atoms with Crippen LogP contribution in [0.15, 0.2) is 47.3 Å². The van der Waals surface area contributed by atoms with Gasteiger partial charge in [-0.25, -0.2) is 9.78 Å². The number of hydrogen-bond acceptors (Lipinski definition) is 7. The molecule has 0 saturated heterocycles. The molecule has 0 unspecified atom stereocenters. The molecular formula is C22H19N3O6. The minimum atomic E-state index is -2.05. The summed E-state index contributed by atoms with van der Waals surface area (Å²) in [4.78, 5) is 69.2. The van der Waals surface area contributed by atoms with Gasteiger partial charge in [0.05, 0.1) is 18.1 Å². The number of ketones is 2. The predicted octanol–water partition coefficient (Wildman–Crippen LogP) is 1.57. The molecule has 0 radical (unpaired) electrons. The summed E-state index contributed by atoms with van der Waals surface area (Å²) in [5.41, 5.74) is 1.22. The van der Waals surface area contributed by atoms with Crippen molar-refractivity contribution in [1.82, 2.24) is 9.97 Å². The van der Waals surface area contributed by atoms with Gasteiger partial charge in [0.25, 0.3) is 17.2 Å². The molecule has 0 bridgehead atoms. The maximum atomic E-state index is 12.9. The Kier molecular flexibility index (Phi) is 6.05. The first-order valence-corrected chi connectivity index (χ1v) is 9.26. The molecule has 1 amide bonds. The van der Waals surface area contributed by atoms with Gasteiger partial charge in [0, 0.05) is 5.69 Å². The van der Waals surface area contributed by atoms with E-state index >= 15 is 0 Å². The van der Waals surface area contributed by atoms with E-state index in [1.165, 1.54) is 0 Å². The molecule has 0 saturated carbocycles. The molecule has 0 aliphatic heterocycles. The van der Waals surface area contributed by atoms with E-state index in [1.807, 2.05) is 6.92 Å². The number of carbonyl (C=O) groups excluding carboxylic acids is 4. The number of methoxy groups -OCH3 is 1. The van der Waals surface area contributed by atoms with Gasteiger partial charge in [0.2, 0.25) is 5.78 Å². The van der Waals surface area contributed by atoms with Crippen LogP contribution in [0, 0.1) is 13.8 Å². The second kappa shape index (κ2) is 8.70. The smallest absolute Gasteiger partial charge is 0.375 e. The van der Waals surface area contributed by atoms with Gasteiger partial charge in [0.15, 0.2) is 0 Å². The van der Waals surface area contributed by atoms with Gasteiger partial charge in [-0.2, -0.15) is 0 Å². The van der Waals surface area contributed by atoms with E-state index in [0.717, 1.165) is 12.7 Å². The van der Waals surface area contributed by atoms with Crippen LogP contribution in [0.1, 0.15) is 22.7 Å². The van der Waals surface area contributed by atoms with Crippen LogP contribution in [0.5, 0.6) is 0 Å². The Hall–Kier alpha value is -4.14. The second-order valence-corrected chi connectivity index (χ2v) is 6.89. The Balaban J connectivity index is 2.05. The van der Waals surface area contributed by atoms with Crippen molar-refractivity contribution in [3.8, 4) is 0 Å². The summed E-state index contributed by atoms with van der Waals surface area (Å²) in [6.45, 7) is 3.60. The van der Waals surface area contributed by atoms with Gasteiger partial charge in [-0.1, -0.05) is 29.8 Å². The number of H-pyrrole nitrogens is 1. The molecule has 3 rings (SSSR count). The average molecular weight is 421 g/mol. The molecule has 9 heteroatoms. The summed E-state index contributed by atoms with van der Waals surface area (Å²) >= 11 is 0. The Morgan fingerprint density at radius 3 is 2.42 bits per heavy atom. The van der Waals surface area contributed by atoms with Crippen molar-refractivity contribution in [1.29, 1.82) is 0 Å². The molecule has 0 aliphatic carbocycles. The average Bonchev–Trinajstić information content (AvgIpc) is 2.75. The third-order valence-electron chi connectivity index (χ3n) is 4.66. The molecule has 0 fully saturated rings. The number of ether oxygens (including phenoxy) is 1. The number of nitrogens with zero attached hydrogens (tertiary/aromatic N) is 1. The van der Waals surface area contributed by atoms with Crippen LogP contribution >= 0.6 is 0 Å². The molecular weight excluding hydrogens is 402 g/mol. The van der Waals surface area contributed by atoms with Gasteiger partial charge >= 0.3 is 5.97 Å². The van der Waals surface area contributed by atoms with Gasteiger partial charge in [-0.05, 0) is 37.6 Å². The monoisotopic (exact) mass is 421 g/mol. The zero-order valence-corrected chi connectivity index (χ0v) is 17.0. The van der Waals surface area contributed by atoms with Crippen LogP contribution in [0.2, 0.25) is 0 Å². The molecule has 2 aromatic carbocycles. The molecule has 9 nitrogen and oxygen atoms in total. The topological polar surface area (TPSA) is 135 Å². The van der Waals surface area contributed by atoms with Crippen molar-refractivity contribution in [3.05, 3.63) is 69.6 Å². The van der Waals surface area contributed by atoms with Crippen LogP contribution in [0.4, 0.5) is 5.69 Å². The van der Waals surface area contributed by atoms with Crippen LogP contribution < -0.4 is 10.9 Å². The lowest BCUT2D eigenvalue weighted by molar-refractivity contribution is -0.154. The number of aryl methyl sites for hydroxylation is 2. The number of anilines is 1. The van der Waals surface area contributed by atoms with Crippen molar-refractivity contribution in [2.45, 2.75) is 19.8 Å². The van der Waals surface area contributed by atoms with Crippen molar-refractivity contribution < 1.29 is 23.9 Å². The summed E-state index contributed by atoms with van der Waals surface area (Å²) < 4.78 is 4.41. The van der Waals surface area contributed by atoms with E-state index in [2.05, 4.69) is 20.0 Å². The van der Waals surface area contributed by atoms with Crippen molar-refractivity contribution in [3.63, 3.8) is 0 Å². The Bertz CT molecular complexity index is 1280. The first kappa shape index (κ1) is 21.6. The number of fused-ring (bicyclic) bond motifs is 1. The molecule has 0 spiro atoms. The molecule has 2 N–H and O–H groups in total. The lowest BCUT2D eigenvalue weighted by atomic mass is 9.94. The highest BCUT2D eigenvalue weighted by atomic mass is 16.5. The van der Waals surface area contributed by atoms with Gasteiger partial charge in [0.1, 0.15) is 11.6 Å². The van der Waals surface area contributed by atoms with E-state index in [4.69, 9.17) is 0 Å². The predicted molar refractivity (Wildman–Crippen MR) is 112 cm³/mol. The zero-order chi connectivity index (χ0) is 22.7. The van der Waals surface area contributed by atoms with Gasteiger partial charge in [-0.3, -0.25) is 19.2 Å². The number of carbonyl (C=O) groups is 4. The normalized spacial score (nSPS) is 11.6. The van der Waals surface area contributed by atoms with Gasteiger partial charge < -0.3 is 15.0 Å². The van der Waals surface area contributed by atoms with E-state index in [1.54, 1.807) is 49.4 Å². The standard InChI is InChI=1S/C22H19N3O6/c1-11-8-9-13(12(2)10-11)24-21(29)18(26)16(19(27)22(30)31-3)17-20(28)25-15-7-5-4-6-14(15)23-17/h4-10,16H,1-3H3,(H,24,29)(H,25,28)/t16-/m1/s1. The van der Waals surface area contributed by atoms with Crippen LogP contribution in [0.25, 0.3) is 11.0 Å². The minimum Gasteiger partial charge on any atom is -0.463 e. The van der Waals surface area contributed by atoms with Crippen LogP contribution in [0.3, 0.4) is 0 Å². The van der Waals surface area contributed by atoms with Crippen molar-refractivity contribution >= 4 is 40.2 Å². The van der Waals surface area contributed by atoms with Gasteiger partial charge in [-0.15, -0.1) is 0 Å². The highest BCUT2D eigenvalue weighted by Crippen LogP contribution is 2.20. The summed E-state index contributed by atoms with van der Waals surface area (Å²) in [6, 6.07) is 11.6. The summed E-state index contributed by atoms with van der Waals surface area (Å²) in [7, 11) is 0.954. The van der Waals surface area contributed by atoms with E-state index in [-0.39, 0.29) is 5.52 Å². The fourth-order valence-corrected chi connectivity index (χ4v) is 3.09. The number of aromatic amines is 1. The number of Topliss-reactive ketones (excluding diaryl/α,β-unsaturated/α-hetero) is 2. The first-order chi connectivity index (χ1) is 14.7. The Labute approximate surface area is 176 Å². The van der Waals surface area contributed by atoms with E-state index in [9.17, 15) is 24.0 Å². The molecule has 158 valence electrons. The third kappa shape index (κ3) is 4.40. The maximum absolute atomic E-state index is 12.9. The fraction of sp³-hybridized carbons (Fsp3) is 0.182. The fourth-order valence-electron chi connectivity index (χ4n) is 3.09. The number of para-hydroxylation sites is 2. The molecule has 0 aliphatic rings. The van der Waals surface area contributed by atoms with E-state index < -0.39 is 40.6 Å². The number of aromatic nitrogens is 2. The minimum absolute atomic E-state index is 0.280. The Morgan fingerprint density at radius 1 is 1.03 bits per heavy atom. The highest BCUT2D eigenvalue weighted by molar-refractivity contribution is 6.52. The number of amides is 1. The molecule has 3 aromatic rings. The summed E-state index contributed by atoms with van der Waals surface area (Å²) in [5.74, 6) is -7.25. The number of esters is 1. The van der Waals surface area contributed by atoms with Crippen LogP contribution in [-0.4, -0.2) is 40.5 Å². The largest absolute Gasteiger partial charge is 0.463 e. The third-order valence-corrected chi connectivity index (χ3v) is 4.66. The SMILES string of the molecule is COC(=O)C(=O)[C@@H](C(=O)C(=O)Nc1ccc(C)cc1C)c1nc2ccccc2[nH]c1=O. The maximum Gasteiger partial charge on any atom is 0.375 e. The number of rotatable bonds is 6. The molecule has 1 aromatic heterocycles. The van der Waals surface area contributed by atoms with E-state index in [0.29, 0.717) is 16.8 Å². The molecule has 31 heavy (non-hydrogen) atoms. The first-order valence-electron chi connectivity index (χ1n) is 9.26. The number of nitrogens with one attached hydrogen (secondary N) is 2. The lowest BCUT2D eigenvalue weighted by Crippen LogP contribution is -2.39. The lowest BCUT2D eigenvalue weighted by Gasteiger charge is -2.14. The second-order valence-electron chi connectivity index (χ2n) is 6.89. The summed E-state index contributed by atoms with van der Waals surface area (Å²) in [5, 5.41) is 2.42. The van der Waals surface area contributed by atoms with Crippen molar-refractivity contribution in [2.75, 3.05) is 12.4 Å². The number of hydrogen-bond donors (Lipinski definition) is 2.